The summed E-state index contributed by atoms with van der Waals surface area (Å²) < 4.78 is 0. The lowest BCUT2D eigenvalue weighted by atomic mass is 10.1. The fourth-order valence-electron chi connectivity index (χ4n) is 1.39. The van der Waals surface area contributed by atoms with Crippen LogP contribution in [0.15, 0.2) is 23.0 Å². The number of carbonyl (C=O) groups excluding carboxylic acids is 1. The predicted octanol–water partition coefficient (Wildman–Crippen LogP) is 0.560. The second-order valence-corrected chi connectivity index (χ2v) is 4.12. The van der Waals surface area contributed by atoms with Gasteiger partial charge < -0.3 is 16.0 Å². The summed E-state index contributed by atoms with van der Waals surface area (Å²) in [5, 5.41) is 2.69. The number of aromatic amines is 1. The summed E-state index contributed by atoms with van der Waals surface area (Å²) in [6, 6.07) is 4.04. The Morgan fingerprint density at radius 2 is 2.29 bits per heavy atom. The van der Waals surface area contributed by atoms with Crippen LogP contribution in [0.5, 0.6) is 0 Å². The highest BCUT2D eigenvalue weighted by Gasteiger charge is 2.15. The molecule has 0 bridgehead atoms. The van der Waals surface area contributed by atoms with Crippen molar-refractivity contribution in [3.05, 3.63) is 34.2 Å². The molecule has 0 aromatic carbocycles. The number of aromatic nitrogens is 1. The van der Waals surface area contributed by atoms with Crippen molar-refractivity contribution in [3.63, 3.8) is 0 Å². The van der Waals surface area contributed by atoms with Gasteiger partial charge in [-0.2, -0.15) is 0 Å². The number of pyridine rings is 1. The molecule has 0 fully saturated rings. The molecule has 1 aromatic rings. The molecule has 0 aliphatic heterocycles. The van der Waals surface area contributed by atoms with Crippen LogP contribution in [0, 0.1) is 0 Å². The third kappa shape index (κ3) is 3.99. The van der Waals surface area contributed by atoms with E-state index >= 15 is 0 Å². The second-order valence-electron chi connectivity index (χ2n) is 3.65. The Hall–Kier alpha value is -1.69. The van der Waals surface area contributed by atoms with Crippen molar-refractivity contribution in [1.82, 2.24) is 10.3 Å². The van der Waals surface area contributed by atoms with Gasteiger partial charge in [0.05, 0.1) is 11.0 Å². The van der Waals surface area contributed by atoms with Gasteiger partial charge in [0, 0.05) is 6.07 Å². The minimum Gasteiger partial charge on any atom is -0.392 e. The van der Waals surface area contributed by atoms with Crippen LogP contribution >= 0.6 is 12.2 Å². The Bertz CT molecular complexity index is 470. The van der Waals surface area contributed by atoms with Crippen LogP contribution in [-0.4, -0.2) is 21.9 Å². The van der Waals surface area contributed by atoms with Gasteiger partial charge in [0.1, 0.15) is 5.69 Å². The van der Waals surface area contributed by atoms with E-state index in [9.17, 15) is 9.59 Å². The van der Waals surface area contributed by atoms with Crippen LogP contribution in [0.2, 0.25) is 0 Å². The van der Waals surface area contributed by atoms with E-state index in [0.29, 0.717) is 6.42 Å². The van der Waals surface area contributed by atoms with Gasteiger partial charge in [0.25, 0.3) is 5.91 Å². The maximum Gasteiger partial charge on any atom is 0.268 e. The average molecular weight is 253 g/mol. The van der Waals surface area contributed by atoms with E-state index in [1.54, 1.807) is 0 Å². The zero-order valence-electron chi connectivity index (χ0n) is 9.53. The molecule has 0 saturated heterocycles. The summed E-state index contributed by atoms with van der Waals surface area (Å²) in [6.45, 7) is 1.97. The van der Waals surface area contributed by atoms with Crippen LogP contribution in [0.25, 0.3) is 0 Å². The quantitative estimate of drug-likeness (QED) is 0.669. The van der Waals surface area contributed by atoms with Gasteiger partial charge in [-0.3, -0.25) is 9.59 Å². The maximum atomic E-state index is 11.8. The van der Waals surface area contributed by atoms with Crippen LogP contribution in [0.4, 0.5) is 0 Å². The van der Waals surface area contributed by atoms with E-state index in [0.717, 1.165) is 6.42 Å². The molecular weight excluding hydrogens is 238 g/mol. The van der Waals surface area contributed by atoms with Crippen LogP contribution in [0.3, 0.4) is 0 Å². The second kappa shape index (κ2) is 6.15. The Balaban J connectivity index is 2.77. The highest BCUT2D eigenvalue weighted by molar-refractivity contribution is 7.80. The van der Waals surface area contributed by atoms with Gasteiger partial charge in [-0.15, -0.1) is 0 Å². The number of nitrogens with two attached hydrogens (primary N) is 1. The molecule has 5 nitrogen and oxygen atoms in total. The van der Waals surface area contributed by atoms with Crippen molar-refractivity contribution < 1.29 is 4.79 Å². The van der Waals surface area contributed by atoms with Gasteiger partial charge in [-0.05, 0) is 12.5 Å². The normalized spacial score (nSPS) is 11.8. The van der Waals surface area contributed by atoms with Crippen molar-refractivity contribution in [2.24, 2.45) is 5.73 Å². The lowest BCUT2D eigenvalue weighted by Gasteiger charge is -2.16. The van der Waals surface area contributed by atoms with Gasteiger partial charge in [0.15, 0.2) is 0 Å². The van der Waals surface area contributed by atoms with E-state index < -0.39 is 0 Å². The summed E-state index contributed by atoms with van der Waals surface area (Å²) in [4.78, 5) is 25.5. The van der Waals surface area contributed by atoms with Crippen molar-refractivity contribution in [1.29, 1.82) is 0 Å². The van der Waals surface area contributed by atoms with E-state index in [1.807, 2.05) is 6.92 Å². The molecule has 92 valence electrons. The molecule has 0 saturated carbocycles. The molecule has 1 amide bonds. The van der Waals surface area contributed by atoms with Crippen LogP contribution in [-0.2, 0) is 0 Å². The van der Waals surface area contributed by atoms with Gasteiger partial charge >= 0.3 is 0 Å². The lowest BCUT2D eigenvalue weighted by Crippen LogP contribution is -2.43. The standard InChI is InChI=1S/C11H15N3O2S/c1-2-4-7(10(12)17)14-11(16)8-5-3-6-9(15)13-8/h3,5-7H,2,4H2,1H3,(H2,12,17)(H,13,15)(H,14,16). The molecule has 1 aromatic heterocycles. The zero-order valence-corrected chi connectivity index (χ0v) is 10.3. The third-order valence-corrected chi connectivity index (χ3v) is 2.52. The summed E-state index contributed by atoms with van der Waals surface area (Å²) in [5.41, 5.74) is 5.41. The number of hydrogen-bond donors (Lipinski definition) is 3. The summed E-state index contributed by atoms with van der Waals surface area (Å²) in [7, 11) is 0. The molecule has 0 radical (unpaired) electrons. The number of thiocarbonyl (C=S) groups is 1. The Kier molecular flexibility index (Phi) is 4.84. The molecular formula is C11H15N3O2S. The number of carbonyl (C=O) groups is 1. The first-order chi connectivity index (χ1) is 8.04. The first-order valence-electron chi connectivity index (χ1n) is 5.34. The van der Waals surface area contributed by atoms with E-state index in [1.165, 1.54) is 18.2 Å². The molecule has 1 heterocycles. The fraction of sp³-hybridized carbons (Fsp3) is 0.364. The number of nitrogens with one attached hydrogen (secondary N) is 2. The van der Waals surface area contributed by atoms with Gasteiger partial charge in [-0.1, -0.05) is 31.6 Å². The third-order valence-electron chi connectivity index (χ3n) is 2.24. The molecule has 1 atom stereocenters. The molecule has 1 rings (SSSR count). The van der Waals surface area contributed by atoms with Crippen LogP contribution in [0.1, 0.15) is 30.3 Å². The monoisotopic (exact) mass is 253 g/mol. The average Bonchev–Trinajstić information content (AvgIpc) is 2.28. The van der Waals surface area contributed by atoms with Crippen molar-refractivity contribution >= 4 is 23.1 Å². The first kappa shape index (κ1) is 13.4. The topological polar surface area (TPSA) is 88.0 Å². The Morgan fingerprint density at radius 3 is 2.82 bits per heavy atom. The largest absolute Gasteiger partial charge is 0.392 e. The molecule has 6 heteroatoms. The SMILES string of the molecule is CCCC(NC(=O)c1cccc(=O)[nH]1)C(N)=S. The van der Waals surface area contributed by atoms with Crippen molar-refractivity contribution in [3.8, 4) is 0 Å². The van der Waals surface area contributed by atoms with E-state index in [4.69, 9.17) is 18.0 Å². The smallest absolute Gasteiger partial charge is 0.268 e. The predicted molar refractivity (Wildman–Crippen MR) is 70.0 cm³/mol. The fourth-order valence-corrected chi connectivity index (χ4v) is 1.57. The van der Waals surface area contributed by atoms with Crippen LogP contribution < -0.4 is 16.6 Å². The molecule has 0 aliphatic carbocycles. The Labute approximate surface area is 104 Å². The molecule has 17 heavy (non-hydrogen) atoms. The highest BCUT2D eigenvalue weighted by atomic mass is 32.1. The minimum atomic E-state index is -0.381. The zero-order chi connectivity index (χ0) is 12.8. The number of H-pyrrole nitrogens is 1. The maximum absolute atomic E-state index is 11.8. The van der Waals surface area contributed by atoms with Gasteiger partial charge in [-0.25, -0.2) is 0 Å². The molecule has 0 aliphatic rings. The summed E-state index contributed by atoms with van der Waals surface area (Å²) >= 11 is 4.87. The molecule has 4 N–H and O–H groups in total. The van der Waals surface area contributed by atoms with Crippen molar-refractivity contribution in [2.45, 2.75) is 25.8 Å². The minimum absolute atomic E-state index is 0.204. The highest BCUT2D eigenvalue weighted by Crippen LogP contribution is 1.99. The summed E-state index contributed by atoms with van der Waals surface area (Å²) in [6.07, 6.45) is 1.53. The van der Waals surface area contributed by atoms with Gasteiger partial charge in [0.2, 0.25) is 5.56 Å². The molecule has 1 unspecified atom stereocenters. The lowest BCUT2D eigenvalue weighted by molar-refractivity contribution is 0.0940. The number of amides is 1. The summed E-state index contributed by atoms with van der Waals surface area (Å²) in [5.74, 6) is -0.381. The van der Waals surface area contributed by atoms with E-state index in [-0.39, 0.29) is 28.2 Å². The van der Waals surface area contributed by atoms with Crippen molar-refractivity contribution in [2.75, 3.05) is 0 Å². The Morgan fingerprint density at radius 1 is 1.59 bits per heavy atom. The van der Waals surface area contributed by atoms with E-state index in [2.05, 4.69) is 10.3 Å². The first-order valence-corrected chi connectivity index (χ1v) is 5.75. The number of hydrogen-bond acceptors (Lipinski definition) is 3. The number of rotatable bonds is 5. The molecule has 0 spiro atoms.